The van der Waals surface area contributed by atoms with Crippen LogP contribution in [-0.4, -0.2) is 25.9 Å². The number of ether oxygens (including phenoxy) is 2. The molecule has 1 atom stereocenters. The molecule has 0 spiro atoms. The predicted octanol–water partition coefficient (Wildman–Crippen LogP) is 4.47. The first kappa shape index (κ1) is 19.5. The maximum atomic E-state index is 12.1. The lowest BCUT2D eigenvalue weighted by Crippen LogP contribution is -2.24. The summed E-state index contributed by atoms with van der Waals surface area (Å²) in [4.78, 5) is 12.1. The van der Waals surface area contributed by atoms with Gasteiger partial charge in [-0.1, -0.05) is 35.9 Å². The van der Waals surface area contributed by atoms with E-state index >= 15 is 0 Å². The number of amides is 1. The van der Waals surface area contributed by atoms with Crippen molar-refractivity contribution in [2.45, 2.75) is 18.7 Å². The fraction of sp³-hybridized carbons (Fsp3) is 0.316. The molecule has 4 nitrogen and oxygen atoms in total. The Morgan fingerprint density at radius 1 is 1.16 bits per heavy atom. The molecule has 25 heavy (non-hydrogen) atoms. The van der Waals surface area contributed by atoms with Gasteiger partial charge >= 0.3 is 0 Å². The molecule has 2 aromatic rings. The summed E-state index contributed by atoms with van der Waals surface area (Å²) < 4.78 is 10.5. The van der Waals surface area contributed by atoms with E-state index in [2.05, 4.69) is 5.32 Å². The Bertz CT molecular complexity index is 724. The Kier molecular flexibility index (Phi) is 7.47. The van der Waals surface area contributed by atoms with Crippen LogP contribution < -0.4 is 14.8 Å². The van der Waals surface area contributed by atoms with Crippen LogP contribution in [0.25, 0.3) is 0 Å². The molecule has 1 unspecified atom stereocenters. The van der Waals surface area contributed by atoms with Crippen LogP contribution in [0.1, 0.15) is 23.3 Å². The number of nitrogens with one attached hydrogen (secondary N) is 1. The number of hydrogen-bond acceptors (Lipinski definition) is 4. The Morgan fingerprint density at radius 3 is 2.56 bits per heavy atom. The monoisotopic (exact) mass is 379 g/mol. The van der Waals surface area contributed by atoms with Gasteiger partial charge in [0.1, 0.15) is 0 Å². The minimum atomic E-state index is -0.0151. The molecule has 0 aliphatic heterocycles. The number of methoxy groups -OCH3 is 2. The highest BCUT2D eigenvalue weighted by Crippen LogP contribution is 2.32. The topological polar surface area (TPSA) is 47.6 Å². The Labute approximate surface area is 157 Å². The lowest BCUT2D eigenvalue weighted by molar-refractivity contribution is -0.118. The summed E-state index contributed by atoms with van der Waals surface area (Å²) in [6.07, 6.45) is 0. The summed E-state index contributed by atoms with van der Waals surface area (Å²) in [5.41, 5.74) is 2.00. The van der Waals surface area contributed by atoms with E-state index in [0.717, 1.165) is 16.1 Å². The maximum absolute atomic E-state index is 12.1. The molecule has 134 valence electrons. The first-order valence-electron chi connectivity index (χ1n) is 7.88. The van der Waals surface area contributed by atoms with E-state index in [1.807, 2.05) is 49.4 Å². The number of rotatable bonds is 8. The van der Waals surface area contributed by atoms with Crippen molar-refractivity contribution in [3.05, 3.63) is 58.6 Å². The highest BCUT2D eigenvalue weighted by atomic mass is 35.5. The van der Waals surface area contributed by atoms with Gasteiger partial charge in [-0.3, -0.25) is 4.79 Å². The van der Waals surface area contributed by atoms with Crippen molar-refractivity contribution in [1.29, 1.82) is 0 Å². The van der Waals surface area contributed by atoms with Crippen molar-refractivity contribution < 1.29 is 14.3 Å². The van der Waals surface area contributed by atoms with E-state index in [4.69, 9.17) is 21.1 Å². The Morgan fingerprint density at radius 2 is 1.88 bits per heavy atom. The zero-order valence-electron chi connectivity index (χ0n) is 14.5. The number of halogens is 1. The minimum absolute atomic E-state index is 0.0151. The van der Waals surface area contributed by atoms with Crippen LogP contribution in [0.15, 0.2) is 42.5 Å². The molecule has 6 heteroatoms. The second-order valence-corrected chi connectivity index (χ2v) is 7.18. The normalized spacial score (nSPS) is 11.7. The first-order chi connectivity index (χ1) is 12.0. The quantitative estimate of drug-likeness (QED) is 0.735. The molecular weight excluding hydrogens is 358 g/mol. The van der Waals surface area contributed by atoms with Gasteiger partial charge in [0, 0.05) is 16.8 Å². The molecule has 0 radical (unpaired) electrons. The molecule has 0 fully saturated rings. The van der Waals surface area contributed by atoms with Gasteiger partial charge in [-0.15, -0.1) is 11.8 Å². The fourth-order valence-corrected chi connectivity index (χ4v) is 3.59. The first-order valence-corrected chi connectivity index (χ1v) is 9.31. The molecule has 1 N–H and O–H groups in total. The van der Waals surface area contributed by atoms with E-state index in [1.54, 1.807) is 26.0 Å². The standard InChI is InChI=1S/C19H22ClNO3S/c1-13(15-6-4-5-7-16(15)20)25-12-19(22)21-11-14-8-9-17(23-2)18(10-14)24-3/h4-10,13H,11-12H2,1-3H3,(H,21,22). The minimum Gasteiger partial charge on any atom is -0.493 e. The Balaban J connectivity index is 1.84. The van der Waals surface area contributed by atoms with E-state index in [1.165, 1.54) is 0 Å². The van der Waals surface area contributed by atoms with E-state index in [-0.39, 0.29) is 11.2 Å². The Hall–Kier alpha value is -1.85. The van der Waals surface area contributed by atoms with Gasteiger partial charge in [0.2, 0.25) is 5.91 Å². The maximum Gasteiger partial charge on any atom is 0.230 e. The molecular formula is C19H22ClNO3S. The van der Waals surface area contributed by atoms with Crippen molar-refractivity contribution >= 4 is 29.3 Å². The van der Waals surface area contributed by atoms with Crippen LogP contribution in [0.3, 0.4) is 0 Å². The molecule has 0 heterocycles. The second kappa shape index (κ2) is 9.59. The fourth-order valence-electron chi connectivity index (χ4n) is 2.34. The third-order valence-corrected chi connectivity index (χ3v) is 5.27. The number of carbonyl (C=O) groups is 1. The molecule has 2 aromatic carbocycles. The van der Waals surface area contributed by atoms with Crippen LogP contribution in [0, 0.1) is 0 Å². The van der Waals surface area contributed by atoms with Gasteiger partial charge < -0.3 is 14.8 Å². The highest BCUT2D eigenvalue weighted by molar-refractivity contribution is 8.00. The van der Waals surface area contributed by atoms with Crippen LogP contribution >= 0.6 is 23.4 Å². The average molecular weight is 380 g/mol. The molecule has 0 bridgehead atoms. The zero-order valence-corrected chi connectivity index (χ0v) is 16.1. The van der Waals surface area contributed by atoms with E-state index in [9.17, 15) is 4.79 Å². The second-order valence-electron chi connectivity index (χ2n) is 5.44. The summed E-state index contributed by atoms with van der Waals surface area (Å²) in [5, 5.41) is 3.80. The summed E-state index contributed by atoms with van der Waals surface area (Å²) >= 11 is 7.75. The highest BCUT2D eigenvalue weighted by Gasteiger charge is 2.12. The van der Waals surface area contributed by atoms with Gasteiger partial charge in [0.05, 0.1) is 20.0 Å². The van der Waals surface area contributed by atoms with Gasteiger partial charge in [-0.05, 0) is 36.2 Å². The van der Waals surface area contributed by atoms with Crippen LogP contribution in [0.5, 0.6) is 11.5 Å². The average Bonchev–Trinajstić information content (AvgIpc) is 2.64. The molecule has 0 aliphatic carbocycles. The molecule has 0 saturated carbocycles. The molecule has 0 aromatic heterocycles. The molecule has 1 amide bonds. The summed E-state index contributed by atoms with van der Waals surface area (Å²) in [6, 6.07) is 13.3. The molecule has 0 saturated heterocycles. The van der Waals surface area contributed by atoms with Crippen molar-refractivity contribution in [2.75, 3.05) is 20.0 Å². The van der Waals surface area contributed by atoms with Crippen molar-refractivity contribution in [3.63, 3.8) is 0 Å². The third-order valence-electron chi connectivity index (χ3n) is 3.75. The van der Waals surface area contributed by atoms with Crippen LogP contribution in [0.2, 0.25) is 5.02 Å². The lowest BCUT2D eigenvalue weighted by Gasteiger charge is -2.13. The van der Waals surface area contributed by atoms with Crippen molar-refractivity contribution in [1.82, 2.24) is 5.32 Å². The lowest BCUT2D eigenvalue weighted by atomic mass is 10.2. The third kappa shape index (κ3) is 5.58. The number of hydrogen-bond donors (Lipinski definition) is 1. The zero-order chi connectivity index (χ0) is 18.2. The van der Waals surface area contributed by atoms with Gasteiger partial charge in [0.25, 0.3) is 0 Å². The van der Waals surface area contributed by atoms with Crippen LogP contribution in [-0.2, 0) is 11.3 Å². The van der Waals surface area contributed by atoms with Gasteiger partial charge in [0.15, 0.2) is 11.5 Å². The van der Waals surface area contributed by atoms with Gasteiger partial charge in [-0.25, -0.2) is 0 Å². The number of thioether (sulfide) groups is 1. The predicted molar refractivity (Wildman–Crippen MR) is 104 cm³/mol. The smallest absolute Gasteiger partial charge is 0.230 e. The van der Waals surface area contributed by atoms with Crippen molar-refractivity contribution in [3.8, 4) is 11.5 Å². The summed E-state index contributed by atoms with van der Waals surface area (Å²) in [6.45, 7) is 2.49. The van der Waals surface area contributed by atoms with Gasteiger partial charge in [-0.2, -0.15) is 0 Å². The SMILES string of the molecule is COc1ccc(CNC(=O)CSC(C)c2ccccc2Cl)cc1OC. The van der Waals surface area contributed by atoms with Crippen molar-refractivity contribution in [2.24, 2.45) is 0 Å². The molecule has 0 aliphatic rings. The number of benzene rings is 2. The van der Waals surface area contributed by atoms with E-state index < -0.39 is 0 Å². The summed E-state index contributed by atoms with van der Waals surface area (Å²) in [7, 11) is 3.18. The number of carbonyl (C=O) groups excluding carboxylic acids is 1. The van der Waals surface area contributed by atoms with E-state index in [0.29, 0.717) is 23.8 Å². The van der Waals surface area contributed by atoms with Crippen LogP contribution in [0.4, 0.5) is 0 Å². The summed E-state index contributed by atoms with van der Waals surface area (Å²) in [5.74, 6) is 1.68. The largest absolute Gasteiger partial charge is 0.493 e. The molecule has 2 rings (SSSR count).